The van der Waals surface area contributed by atoms with Crippen molar-refractivity contribution < 1.29 is 17.9 Å². The number of nitrogen functional groups attached to an aromatic ring is 1. The van der Waals surface area contributed by atoms with Crippen LogP contribution in [0.15, 0.2) is 65.7 Å². The number of aromatic nitrogens is 2. The van der Waals surface area contributed by atoms with Gasteiger partial charge in [0.25, 0.3) is 15.9 Å². The molecule has 190 valence electrons. The van der Waals surface area contributed by atoms with Gasteiger partial charge in [0, 0.05) is 5.56 Å². The molecule has 0 fully saturated rings. The molecular weight excluding hydrogens is 488 g/mol. The van der Waals surface area contributed by atoms with Gasteiger partial charge < -0.3 is 10.5 Å². The van der Waals surface area contributed by atoms with Crippen molar-refractivity contribution in [1.82, 2.24) is 14.7 Å². The number of amides is 1. The van der Waals surface area contributed by atoms with Crippen LogP contribution in [-0.2, 0) is 10.0 Å². The quantitative estimate of drug-likeness (QED) is 0.362. The highest BCUT2D eigenvalue weighted by Gasteiger charge is 2.25. The number of nitrogens with two attached hydrogens (primary N) is 1. The van der Waals surface area contributed by atoms with E-state index in [1.54, 1.807) is 6.07 Å². The van der Waals surface area contributed by atoms with E-state index in [0.717, 1.165) is 33.4 Å². The summed E-state index contributed by atoms with van der Waals surface area (Å²) < 4.78 is 34.0. The second kappa shape index (κ2) is 10.0. The molecule has 37 heavy (non-hydrogen) atoms. The van der Waals surface area contributed by atoms with Gasteiger partial charge in [0.1, 0.15) is 17.1 Å². The van der Waals surface area contributed by atoms with Crippen LogP contribution in [0.25, 0.3) is 11.3 Å². The van der Waals surface area contributed by atoms with Gasteiger partial charge in [0.15, 0.2) is 5.03 Å². The maximum absolute atomic E-state index is 13.3. The van der Waals surface area contributed by atoms with E-state index in [0.29, 0.717) is 11.4 Å². The van der Waals surface area contributed by atoms with Crippen LogP contribution in [0.5, 0.6) is 11.6 Å². The summed E-state index contributed by atoms with van der Waals surface area (Å²) in [5.41, 5.74) is 11.9. The van der Waals surface area contributed by atoms with Crippen molar-refractivity contribution in [1.29, 1.82) is 0 Å². The van der Waals surface area contributed by atoms with Gasteiger partial charge >= 0.3 is 0 Å². The number of carbonyl (C=O) groups excluding carboxylic acids is 1. The van der Waals surface area contributed by atoms with Gasteiger partial charge in [0.05, 0.1) is 5.69 Å². The minimum Gasteiger partial charge on any atom is -0.438 e. The van der Waals surface area contributed by atoms with E-state index in [2.05, 4.69) is 14.7 Å². The zero-order valence-corrected chi connectivity index (χ0v) is 22.1. The van der Waals surface area contributed by atoms with Crippen LogP contribution in [0, 0.1) is 34.6 Å². The van der Waals surface area contributed by atoms with Gasteiger partial charge in [0.2, 0.25) is 5.88 Å². The number of sulfonamides is 1. The van der Waals surface area contributed by atoms with Crippen LogP contribution in [-0.4, -0.2) is 24.3 Å². The maximum atomic E-state index is 13.3. The monoisotopic (exact) mass is 516 g/mol. The summed E-state index contributed by atoms with van der Waals surface area (Å²) >= 11 is 0. The van der Waals surface area contributed by atoms with Crippen LogP contribution < -0.4 is 15.2 Å². The lowest BCUT2D eigenvalue weighted by Gasteiger charge is -2.17. The number of pyridine rings is 2. The van der Waals surface area contributed by atoms with Gasteiger partial charge in [-0.1, -0.05) is 42.0 Å². The zero-order chi connectivity index (χ0) is 26.9. The normalized spacial score (nSPS) is 11.3. The van der Waals surface area contributed by atoms with Crippen LogP contribution in [0.3, 0.4) is 0 Å². The van der Waals surface area contributed by atoms with E-state index in [1.807, 2.05) is 65.0 Å². The number of aryl methyl sites for hydroxylation is 5. The number of hydrogen-bond donors (Lipinski definition) is 2. The molecule has 2 aromatic carbocycles. The average molecular weight is 517 g/mol. The van der Waals surface area contributed by atoms with Crippen molar-refractivity contribution in [3.05, 3.63) is 94.0 Å². The molecule has 2 aromatic heterocycles. The van der Waals surface area contributed by atoms with Gasteiger partial charge in [-0.05, 0) is 81.1 Å². The molecule has 0 bridgehead atoms. The first-order valence-corrected chi connectivity index (χ1v) is 13.1. The van der Waals surface area contributed by atoms with Crippen molar-refractivity contribution in [2.45, 2.75) is 39.6 Å². The lowest BCUT2D eigenvalue weighted by molar-refractivity contribution is 0.0978. The third-order valence-electron chi connectivity index (χ3n) is 5.89. The number of rotatable bonds is 6. The first kappa shape index (κ1) is 25.8. The van der Waals surface area contributed by atoms with E-state index >= 15 is 0 Å². The fraction of sp³-hybridized carbons (Fsp3) is 0.179. The molecule has 0 aliphatic heterocycles. The topological polar surface area (TPSA) is 124 Å². The van der Waals surface area contributed by atoms with Crippen LogP contribution in [0.4, 0.5) is 5.82 Å². The summed E-state index contributed by atoms with van der Waals surface area (Å²) in [7, 11) is -4.29. The van der Waals surface area contributed by atoms with Gasteiger partial charge in [-0.25, -0.2) is 14.7 Å². The Morgan fingerprint density at radius 3 is 2.08 bits per heavy atom. The summed E-state index contributed by atoms with van der Waals surface area (Å²) in [5, 5.41) is -0.367. The standard InChI is InChI=1S/C28H28N4O4S/c1-16-14-19(4)26(20(5)15-16)36-28-21(12-13-22(30-28)25-17(2)8-6-9-18(25)3)27(33)32-37(34,35)24-11-7-10-23(29)31-24/h6-15H,1-5H3,(H2,29,31)(H,32,33). The van der Waals surface area contributed by atoms with Crippen LogP contribution in [0.1, 0.15) is 38.2 Å². The summed E-state index contributed by atoms with van der Waals surface area (Å²) in [6.45, 7) is 9.74. The Balaban J connectivity index is 1.82. The number of anilines is 1. The minimum absolute atomic E-state index is 0.0107. The fourth-order valence-electron chi connectivity index (χ4n) is 4.28. The van der Waals surface area contributed by atoms with Crippen molar-refractivity contribution in [3.63, 3.8) is 0 Å². The Bertz CT molecular complexity index is 1590. The summed E-state index contributed by atoms with van der Waals surface area (Å²) in [4.78, 5) is 21.8. The molecule has 4 aromatic rings. The third kappa shape index (κ3) is 5.46. The smallest absolute Gasteiger partial charge is 0.281 e. The van der Waals surface area contributed by atoms with Crippen molar-refractivity contribution in [2.24, 2.45) is 0 Å². The van der Waals surface area contributed by atoms with E-state index < -0.39 is 15.9 Å². The number of ether oxygens (including phenoxy) is 1. The molecule has 2 heterocycles. The Kier molecular flexibility index (Phi) is 7.00. The predicted octanol–water partition coefficient (Wildman–Crippen LogP) is 5.18. The first-order valence-electron chi connectivity index (χ1n) is 11.6. The molecule has 0 saturated carbocycles. The molecule has 0 atom stereocenters. The second-order valence-electron chi connectivity index (χ2n) is 8.98. The number of nitrogens with zero attached hydrogens (tertiary/aromatic N) is 2. The second-order valence-corrected chi connectivity index (χ2v) is 10.6. The highest BCUT2D eigenvalue weighted by Crippen LogP contribution is 2.34. The summed E-state index contributed by atoms with van der Waals surface area (Å²) in [6.07, 6.45) is 0. The van der Waals surface area contributed by atoms with E-state index in [1.165, 1.54) is 24.3 Å². The Hall–Kier alpha value is -4.24. The molecule has 1 amide bonds. The SMILES string of the molecule is Cc1cc(C)c(Oc2nc(-c3c(C)cccc3C)ccc2C(=O)NS(=O)(=O)c2cccc(N)n2)c(C)c1. The lowest BCUT2D eigenvalue weighted by atomic mass is 9.99. The molecule has 3 N–H and O–H groups in total. The average Bonchev–Trinajstić information content (AvgIpc) is 2.81. The molecule has 0 spiro atoms. The lowest BCUT2D eigenvalue weighted by Crippen LogP contribution is -2.31. The van der Waals surface area contributed by atoms with Gasteiger partial charge in [-0.2, -0.15) is 8.42 Å². The fourth-order valence-corrected chi connectivity index (χ4v) is 5.22. The first-order chi connectivity index (χ1) is 17.5. The van der Waals surface area contributed by atoms with Crippen molar-refractivity contribution >= 4 is 21.7 Å². The molecule has 8 nitrogen and oxygen atoms in total. The van der Waals surface area contributed by atoms with Crippen molar-refractivity contribution in [3.8, 4) is 22.9 Å². The Morgan fingerprint density at radius 1 is 0.838 bits per heavy atom. The molecule has 0 aliphatic carbocycles. The van der Waals surface area contributed by atoms with E-state index in [-0.39, 0.29) is 22.3 Å². The zero-order valence-electron chi connectivity index (χ0n) is 21.3. The van der Waals surface area contributed by atoms with Crippen LogP contribution in [0.2, 0.25) is 0 Å². The Labute approximate surface area is 216 Å². The van der Waals surface area contributed by atoms with Crippen LogP contribution >= 0.6 is 0 Å². The number of hydrogen-bond acceptors (Lipinski definition) is 7. The molecule has 4 rings (SSSR count). The molecule has 9 heteroatoms. The molecular formula is C28H28N4O4S. The number of nitrogens with one attached hydrogen (secondary N) is 1. The van der Waals surface area contributed by atoms with Crippen molar-refractivity contribution in [2.75, 3.05) is 5.73 Å². The molecule has 0 aliphatic rings. The van der Waals surface area contributed by atoms with E-state index in [4.69, 9.17) is 10.5 Å². The molecule has 0 saturated heterocycles. The largest absolute Gasteiger partial charge is 0.438 e. The van der Waals surface area contributed by atoms with Gasteiger partial charge in [-0.15, -0.1) is 0 Å². The minimum atomic E-state index is -4.29. The maximum Gasteiger partial charge on any atom is 0.281 e. The summed E-state index contributed by atoms with van der Waals surface area (Å²) in [5.74, 6) is -0.346. The number of carbonyl (C=O) groups is 1. The third-order valence-corrected chi connectivity index (χ3v) is 7.13. The highest BCUT2D eigenvalue weighted by molar-refractivity contribution is 7.90. The predicted molar refractivity (Wildman–Crippen MR) is 143 cm³/mol. The van der Waals surface area contributed by atoms with E-state index in [9.17, 15) is 13.2 Å². The molecule has 0 unspecified atom stereocenters. The Morgan fingerprint density at radius 2 is 1.46 bits per heavy atom. The highest BCUT2D eigenvalue weighted by atomic mass is 32.2. The summed E-state index contributed by atoms with van der Waals surface area (Å²) in [6, 6.07) is 17.2. The molecule has 0 radical (unpaired) electrons. The van der Waals surface area contributed by atoms with Gasteiger partial charge in [-0.3, -0.25) is 4.79 Å². The number of benzene rings is 2.